The van der Waals surface area contributed by atoms with Gasteiger partial charge in [-0.05, 0) is 127 Å². The van der Waals surface area contributed by atoms with E-state index < -0.39 is 40.4 Å². The van der Waals surface area contributed by atoms with Crippen LogP contribution in [0.4, 0.5) is 9.59 Å². The number of urea groups is 1. The third kappa shape index (κ3) is 48.2. The maximum atomic E-state index is 13.0. The molecule has 0 saturated carbocycles. The summed E-state index contributed by atoms with van der Waals surface area (Å²) in [6.45, 7) is 45.4. The molecule has 4 atom stereocenters. The van der Waals surface area contributed by atoms with Crippen LogP contribution in [-0.4, -0.2) is 139 Å². The van der Waals surface area contributed by atoms with Crippen molar-refractivity contribution in [3.63, 3.8) is 0 Å². The number of carbonyl (C=O) groups is 10. The lowest BCUT2D eigenvalue weighted by Crippen LogP contribution is -2.51. The molecule has 0 spiro atoms. The molecule has 81 heavy (non-hydrogen) atoms. The van der Waals surface area contributed by atoms with Crippen molar-refractivity contribution in [2.24, 2.45) is 40.2 Å². The Morgan fingerprint density at radius 1 is 0.481 bits per heavy atom. The number of primary amides is 1. The smallest absolute Gasteiger partial charge is 0.407 e. The van der Waals surface area contributed by atoms with Gasteiger partial charge in [0.2, 0.25) is 23.6 Å². The number of ketones is 4. The minimum Gasteiger partial charge on any atom is -0.444 e. The van der Waals surface area contributed by atoms with E-state index in [0.29, 0.717) is 44.7 Å². The summed E-state index contributed by atoms with van der Waals surface area (Å²) in [5.74, 6) is -0.982. The Morgan fingerprint density at radius 3 is 1.26 bits per heavy atom. The van der Waals surface area contributed by atoms with E-state index in [9.17, 15) is 47.9 Å². The fourth-order valence-electron chi connectivity index (χ4n) is 7.73. The monoisotopic (exact) mass is 1150 g/mol. The van der Waals surface area contributed by atoms with Crippen molar-refractivity contribution in [3.05, 3.63) is 0 Å². The van der Waals surface area contributed by atoms with Gasteiger partial charge in [0.05, 0.1) is 31.7 Å². The Hall–Kier alpha value is -5.02. The van der Waals surface area contributed by atoms with E-state index in [1.165, 1.54) is 6.92 Å². The summed E-state index contributed by atoms with van der Waals surface area (Å²) >= 11 is 0. The van der Waals surface area contributed by atoms with Crippen LogP contribution < -0.4 is 53.6 Å². The molecule has 474 valence electrons. The van der Waals surface area contributed by atoms with Gasteiger partial charge in [-0.15, -0.1) is 0 Å². The van der Waals surface area contributed by atoms with Crippen LogP contribution in [0.1, 0.15) is 212 Å². The largest absolute Gasteiger partial charge is 0.444 e. The second kappa shape index (κ2) is 38.7. The van der Waals surface area contributed by atoms with Gasteiger partial charge in [-0.2, -0.15) is 0 Å². The van der Waals surface area contributed by atoms with Crippen LogP contribution in [-0.2, 0) is 43.1 Å². The summed E-state index contributed by atoms with van der Waals surface area (Å²) in [5, 5.41) is 25.0. The first-order valence-corrected chi connectivity index (χ1v) is 28.6. The zero-order chi connectivity index (χ0) is 63.2. The summed E-state index contributed by atoms with van der Waals surface area (Å²) in [6.07, 6.45) is 3.14. The maximum absolute atomic E-state index is 13.0. The molecule has 0 heterocycles. The molecule has 0 radical (unpaired) electrons. The first-order valence-electron chi connectivity index (χ1n) is 28.6. The first kappa shape index (κ1) is 82.4. The van der Waals surface area contributed by atoms with Gasteiger partial charge in [0, 0.05) is 85.2 Å². The lowest BCUT2D eigenvalue weighted by Gasteiger charge is -2.32. The van der Waals surface area contributed by atoms with Crippen molar-refractivity contribution < 1.29 is 52.7 Å². The van der Waals surface area contributed by atoms with Crippen LogP contribution in [0.5, 0.6) is 0 Å². The Kier molecular flexibility index (Phi) is 39.4. The summed E-state index contributed by atoms with van der Waals surface area (Å²) in [6, 6.07) is -1.10. The van der Waals surface area contributed by atoms with Crippen molar-refractivity contribution in [1.29, 1.82) is 0 Å². The topological polar surface area (TPSA) is 314 Å². The van der Waals surface area contributed by atoms with Gasteiger partial charge in [-0.3, -0.25) is 38.4 Å². The van der Waals surface area contributed by atoms with E-state index in [1.807, 2.05) is 118 Å². The van der Waals surface area contributed by atoms with Gasteiger partial charge >= 0.3 is 12.1 Å². The number of carbonyl (C=O) groups excluding carboxylic acids is 10. The summed E-state index contributed by atoms with van der Waals surface area (Å²) in [4.78, 5) is 120. The Bertz CT molecular complexity index is 1950. The van der Waals surface area contributed by atoms with E-state index in [2.05, 4.69) is 61.7 Å². The molecule has 0 bridgehead atoms. The van der Waals surface area contributed by atoms with Crippen LogP contribution >= 0.6 is 0 Å². The van der Waals surface area contributed by atoms with Crippen molar-refractivity contribution >= 4 is 58.9 Å². The number of nitrogens with two attached hydrogens (primary N) is 1. The quantitative estimate of drug-likeness (QED) is 0.0330. The number of ether oxygens (including phenoxy) is 1. The highest BCUT2D eigenvalue weighted by Gasteiger charge is 2.36. The minimum absolute atomic E-state index is 0. The molecule has 0 aliphatic carbocycles. The van der Waals surface area contributed by atoms with E-state index in [0.717, 1.165) is 6.42 Å². The predicted octanol–water partition coefficient (Wildman–Crippen LogP) is 6.82. The predicted molar refractivity (Wildman–Crippen MR) is 325 cm³/mol. The average molecular weight is 1160 g/mol. The fraction of sp³-hybridized carbons (Fsp3) is 0.833. The molecule has 21 nitrogen and oxygen atoms in total. The number of hydrogen-bond acceptors (Lipinski definition) is 14. The van der Waals surface area contributed by atoms with E-state index >= 15 is 0 Å². The van der Waals surface area contributed by atoms with Crippen LogP contribution in [0.15, 0.2) is 0 Å². The minimum atomic E-state index is -0.587. The number of alkyl carbamates (subject to hydrolysis) is 1. The molecule has 0 fully saturated rings. The van der Waals surface area contributed by atoms with Gasteiger partial charge < -0.3 is 58.3 Å². The molecule has 0 aromatic heterocycles. The summed E-state index contributed by atoms with van der Waals surface area (Å²) in [5.41, 5.74) is 2.97. The van der Waals surface area contributed by atoms with Crippen LogP contribution in [0.2, 0.25) is 0 Å². The number of rotatable bonds is 30. The number of amides is 7. The van der Waals surface area contributed by atoms with Crippen molar-refractivity contribution in [2.75, 3.05) is 45.8 Å². The van der Waals surface area contributed by atoms with Crippen molar-refractivity contribution in [3.8, 4) is 0 Å². The third-order valence-corrected chi connectivity index (χ3v) is 11.3. The Morgan fingerprint density at radius 2 is 0.889 bits per heavy atom. The molecule has 0 aliphatic rings. The summed E-state index contributed by atoms with van der Waals surface area (Å²) < 4.78 is 5.05. The first-order chi connectivity index (χ1) is 36.1. The van der Waals surface area contributed by atoms with Gasteiger partial charge in [-0.1, -0.05) is 76.7 Å². The second-order valence-corrected chi connectivity index (χ2v) is 27.6. The molecule has 0 aromatic carbocycles. The molecule has 21 heteroatoms. The second-order valence-electron chi connectivity index (χ2n) is 27.6. The molecule has 0 aliphatic heterocycles. The van der Waals surface area contributed by atoms with Crippen LogP contribution in [0.25, 0.3) is 0 Å². The Balaban J connectivity index is -0.000000546. The molecule has 0 saturated heterocycles. The molecule has 11 N–H and O–H groups in total. The molecule has 7 amide bonds. The molecular weight excluding hydrogens is 1040 g/mol. The van der Waals surface area contributed by atoms with Crippen LogP contribution in [0.3, 0.4) is 0 Å². The molecule has 0 aromatic rings. The third-order valence-electron chi connectivity index (χ3n) is 11.3. The van der Waals surface area contributed by atoms with Gasteiger partial charge in [-0.25, -0.2) is 9.59 Å². The zero-order valence-corrected chi connectivity index (χ0v) is 53.9. The molecule has 0 rings (SSSR count). The molecular formula is C60H118N10O11. The maximum Gasteiger partial charge on any atom is 0.407 e. The lowest BCUT2D eigenvalue weighted by molar-refractivity contribution is -0.134. The van der Waals surface area contributed by atoms with Crippen molar-refractivity contribution in [2.45, 2.75) is 246 Å². The van der Waals surface area contributed by atoms with Crippen LogP contribution in [0, 0.1) is 34.5 Å². The SMILES string of the molecule is C.CC(=O)NCCCC(CC(=O)C(NC(C)(C)C)C(C)C)C(=O)C(C)(C)C.CC(C)(C)NCC(=O)NCC(=O)NCC(=O)NCCNC(=O)OC(C)(C)C.CC(C)CC(NC(C)(C)C)C(=O)CC(CCCNC(N)=O)C(=O)C(C)(C)C. The lowest BCUT2D eigenvalue weighted by atomic mass is 9.77. The zero-order valence-electron chi connectivity index (χ0n) is 53.9. The number of hydrogen-bond donors (Lipinski definition) is 10. The highest BCUT2D eigenvalue weighted by molar-refractivity contribution is 5.94. The highest BCUT2D eigenvalue weighted by Crippen LogP contribution is 2.29. The number of nitrogens with one attached hydrogen (secondary N) is 9. The van der Waals surface area contributed by atoms with E-state index in [1.54, 1.807) is 20.8 Å². The van der Waals surface area contributed by atoms with Gasteiger partial charge in [0.15, 0.2) is 5.78 Å². The van der Waals surface area contributed by atoms with E-state index in [4.69, 9.17) is 10.5 Å². The average Bonchev–Trinajstić information content (AvgIpc) is 3.26. The fourth-order valence-corrected chi connectivity index (χ4v) is 7.73. The molecule has 4 unspecified atom stereocenters. The highest BCUT2D eigenvalue weighted by atomic mass is 16.6. The summed E-state index contributed by atoms with van der Waals surface area (Å²) in [7, 11) is 0. The van der Waals surface area contributed by atoms with Gasteiger partial charge in [0.25, 0.3) is 0 Å². The standard InChI is InChI=1S/C21H41N3O3.C21H40N2O3.C17H33N5O5.CH4/c1-14(2)12-16(24-21(6,7)8)17(25)13-15(18(26)20(3,4)5)10-9-11-23-19(22)27;1-14(2)18(23-21(7,8)9)17(25)13-16(19(26)20(4,5)6)11-10-12-22-15(3)24;1-16(2,3)22-11-14(25)21-10-13(24)20-9-12(23)18-7-8-19-15(26)27-17(4,5)6;/h14-16,24H,9-13H2,1-8H3,(H3,22,23,27);14,16,18,23H,10-13H2,1-9H3,(H,22,24);22H,7-11H2,1-6H3,(H,18,23)(H,19,26)(H,20,24)(H,21,25);1H4. The van der Waals surface area contributed by atoms with Crippen molar-refractivity contribution in [1.82, 2.24) is 47.9 Å². The Labute approximate surface area is 489 Å². The normalized spacial score (nSPS) is 13.4. The van der Waals surface area contributed by atoms with E-state index in [-0.39, 0.29) is 134 Å². The van der Waals surface area contributed by atoms with Gasteiger partial charge in [0.1, 0.15) is 23.0 Å². The number of Topliss-reactive ketones (excluding diaryl/α,β-unsaturated/α-hetero) is 4.